The van der Waals surface area contributed by atoms with Gasteiger partial charge in [0.05, 0.1) is 25.3 Å². The number of likely N-dealkylation sites (tertiary alicyclic amines) is 1. The zero-order valence-electron chi connectivity index (χ0n) is 21.1. The van der Waals surface area contributed by atoms with Crippen molar-refractivity contribution < 1.29 is 19.4 Å². The summed E-state index contributed by atoms with van der Waals surface area (Å²) in [5.41, 5.74) is 9.75. The number of hydrogen-bond acceptors (Lipinski definition) is 7. The van der Waals surface area contributed by atoms with Gasteiger partial charge in [0.2, 0.25) is 5.91 Å². The standard InChI is InChI=1S/C28H31ClN4O4/c1-4-36-22-9-8-18(12-23(22)37-5-2)27-24-25(19-13-20(29)16(3)11-21(19)34)31-32-26(24)28(35)33(27)15-17-7-6-10-30-14-17/h6-14,24-27,31-32,34H,4-5,15H2,1-3H3. The number of halogens is 1. The molecule has 2 aromatic carbocycles. The van der Waals surface area contributed by atoms with E-state index < -0.39 is 6.04 Å². The van der Waals surface area contributed by atoms with E-state index in [1.165, 1.54) is 0 Å². The van der Waals surface area contributed by atoms with Gasteiger partial charge >= 0.3 is 0 Å². The molecule has 0 bridgehead atoms. The summed E-state index contributed by atoms with van der Waals surface area (Å²) in [5.74, 6) is 1.17. The molecule has 2 fully saturated rings. The maximum absolute atomic E-state index is 13.8. The summed E-state index contributed by atoms with van der Waals surface area (Å²) in [5, 5.41) is 11.4. The molecular formula is C28H31ClN4O4. The lowest BCUT2D eigenvalue weighted by Gasteiger charge is -2.32. The second kappa shape index (κ2) is 10.6. The van der Waals surface area contributed by atoms with Crippen molar-refractivity contribution in [1.29, 1.82) is 0 Å². The van der Waals surface area contributed by atoms with Gasteiger partial charge in [0.1, 0.15) is 11.8 Å². The molecule has 4 atom stereocenters. The van der Waals surface area contributed by atoms with Crippen molar-refractivity contribution in [2.45, 2.75) is 45.4 Å². The Balaban J connectivity index is 1.61. The van der Waals surface area contributed by atoms with Gasteiger partial charge in [0, 0.05) is 35.4 Å². The molecule has 194 valence electrons. The third-order valence-corrected chi connectivity index (χ3v) is 7.45. The monoisotopic (exact) mass is 522 g/mol. The first-order chi connectivity index (χ1) is 17.9. The summed E-state index contributed by atoms with van der Waals surface area (Å²) in [7, 11) is 0. The molecule has 2 saturated heterocycles. The Labute approximate surface area is 221 Å². The Kier molecular flexibility index (Phi) is 7.24. The van der Waals surface area contributed by atoms with Crippen LogP contribution in [0.4, 0.5) is 0 Å². The number of aryl methyl sites for hydroxylation is 1. The third kappa shape index (κ3) is 4.72. The fraction of sp³-hybridized carbons (Fsp3) is 0.357. The number of carbonyl (C=O) groups is 1. The van der Waals surface area contributed by atoms with Crippen LogP contribution >= 0.6 is 11.6 Å². The van der Waals surface area contributed by atoms with E-state index in [9.17, 15) is 9.90 Å². The van der Waals surface area contributed by atoms with E-state index in [2.05, 4.69) is 15.8 Å². The zero-order valence-corrected chi connectivity index (χ0v) is 21.8. The molecular weight excluding hydrogens is 492 g/mol. The molecule has 2 aliphatic heterocycles. The van der Waals surface area contributed by atoms with Gasteiger partial charge in [-0.3, -0.25) is 9.78 Å². The average molecular weight is 523 g/mol. The molecule has 37 heavy (non-hydrogen) atoms. The average Bonchev–Trinajstić information content (AvgIpc) is 3.42. The van der Waals surface area contributed by atoms with Crippen molar-refractivity contribution in [1.82, 2.24) is 20.7 Å². The fourth-order valence-electron chi connectivity index (χ4n) is 5.41. The van der Waals surface area contributed by atoms with Crippen LogP contribution in [0.15, 0.2) is 54.9 Å². The Hall–Kier alpha value is -3.33. The van der Waals surface area contributed by atoms with E-state index >= 15 is 0 Å². The van der Waals surface area contributed by atoms with E-state index in [1.54, 1.807) is 24.5 Å². The van der Waals surface area contributed by atoms with Gasteiger partial charge in [-0.25, -0.2) is 10.9 Å². The smallest absolute Gasteiger partial charge is 0.242 e. The first-order valence-electron chi connectivity index (χ1n) is 12.5. The summed E-state index contributed by atoms with van der Waals surface area (Å²) >= 11 is 6.45. The van der Waals surface area contributed by atoms with Crippen LogP contribution in [0.3, 0.4) is 0 Å². The van der Waals surface area contributed by atoms with Crippen molar-refractivity contribution in [3.8, 4) is 17.2 Å². The summed E-state index contributed by atoms with van der Waals surface area (Å²) in [6.45, 7) is 7.11. The van der Waals surface area contributed by atoms with Gasteiger partial charge in [-0.15, -0.1) is 0 Å². The molecule has 3 N–H and O–H groups in total. The summed E-state index contributed by atoms with van der Waals surface area (Å²) in [6.07, 6.45) is 3.49. The number of hydrazine groups is 1. The Bertz CT molecular complexity index is 1290. The van der Waals surface area contributed by atoms with Crippen molar-refractivity contribution in [3.05, 3.63) is 82.1 Å². The highest BCUT2D eigenvalue weighted by molar-refractivity contribution is 6.31. The van der Waals surface area contributed by atoms with Crippen LogP contribution in [-0.4, -0.2) is 40.2 Å². The third-order valence-electron chi connectivity index (χ3n) is 7.04. The molecule has 0 aliphatic carbocycles. The number of amides is 1. The highest BCUT2D eigenvalue weighted by Gasteiger charge is 2.56. The maximum Gasteiger partial charge on any atom is 0.242 e. The summed E-state index contributed by atoms with van der Waals surface area (Å²) in [6, 6.07) is 11.9. The number of aromatic nitrogens is 1. The highest BCUT2D eigenvalue weighted by Crippen LogP contribution is 2.50. The highest BCUT2D eigenvalue weighted by atomic mass is 35.5. The van der Waals surface area contributed by atoms with Crippen molar-refractivity contribution in [2.24, 2.45) is 5.92 Å². The van der Waals surface area contributed by atoms with Crippen molar-refractivity contribution in [3.63, 3.8) is 0 Å². The number of fused-ring (bicyclic) bond motifs is 1. The van der Waals surface area contributed by atoms with Gasteiger partial charge in [-0.05, 0) is 67.8 Å². The number of pyridine rings is 1. The summed E-state index contributed by atoms with van der Waals surface area (Å²) < 4.78 is 11.7. The molecule has 0 saturated carbocycles. The minimum absolute atomic E-state index is 0.0293. The van der Waals surface area contributed by atoms with Gasteiger partial charge in [0.25, 0.3) is 0 Å². The minimum Gasteiger partial charge on any atom is -0.508 e. The second-order valence-corrected chi connectivity index (χ2v) is 9.73. The van der Waals surface area contributed by atoms with Gasteiger partial charge in [-0.2, -0.15) is 0 Å². The number of benzene rings is 2. The molecule has 4 unspecified atom stereocenters. The van der Waals surface area contributed by atoms with Crippen LogP contribution in [0, 0.1) is 12.8 Å². The van der Waals surface area contributed by atoms with Crippen molar-refractivity contribution in [2.75, 3.05) is 13.2 Å². The van der Waals surface area contributed by atoms with Gasteiger partial charge in [0.15, 0.2) is 11.5 Å². The number of rotatable bonds is 8. The first kappa shape index (κ1) is 25.3. The number of carbonyl (C=O) groups excluding carboxylic acids is 1. The number of phenolic OH excluding ortho intramolecular Hbond substituents is 1. The molecule has 9 heteroatoms. The topological polar surface area (TPSA) is 96.0 Å². The van der Waals surface area contributed by atoms with Gasteiger partial charge < -0.3 is 19.5 Å². The molecule has 3 heterocycles. The Morgan fingerprint density at radius 1 is 1.05 bits per heavy atom. The number of nitrogens with one attached hydrogen (secondary N) is 2. The van der Waals surface area contributed by atoms with E-state index in [0.717, 1.165) is 16.7 Å². The normalized spacial score (nSPS) is 22.8. The Morgan fingerprint density at radius 3 is 2.54 bits per heavy atom. The number of hydrogen-bond donors (Lipinski definition) is 3. The molecule has 2 aliphatic rings. The number of aromatic hydroxyl groups is 1. The summed E-state index contributed by atoms with van der Waals surface area (Å²) in [4.78, 5) is 19.9. The van der Waals surface area contributed by atoms with E-state index in [4.69, 9.17) is 21.1 Å². The Morgan fingerprint density at radius 2 is 1.81 bits per heavy atom. The quantitative estimate of drug-likeness (QED) is 0.402. The molecule has 0 radical (unpaired) electrons. The molecule has 1 aromatic heterocycles. The molecule has 1 amide bonds. The van der Waals surface area contributed by atoms with Crippen LogP contribution in [0.5, 0.6) is 17.2 Å². The maximum atomic E-state index is 13.8. The van der Waals surface area contributed by atoms with Crippen LogP contribution in [-0.2, 0) is 11.3 Å². The van der Waals surface area contributed by atoms with E-state index in [0.29, 0.717) is 41.8 Å². The largest absolute Gasteiger partial charge is 0.508 e. The molecule has 0 spiro atoms. The zero-order chi connectivity index (χ0) is 26.1. The van der Waals surface area contributed by atoms with Crippen LogP contribution in [0.1, 0.15) is 48.2 Å². The van der Waals surface area contributed by atoms with E-state index in [1.807, 2.05) is 56.0 Å². The molecule has 8 nitrogen and oxygen atoms in total. The van der Waals surface area contributed by atoms with Crippen LogP contribution in [0.25, 0.3) is 0 Å². The molecule has 3 aromatic rings. The predicted octanol–water partition coefficient (Wildman–Crippen LogP) is 4.46. The SMILES string of the molecule is CCOc1ccc(C2C3C(NNC3c3cc(Cl)c(C)cc3O)C(=O)N2Cc2cccnc2)cc1OCC. The minimum atomic E-state index is -0.492. The van der Waals surface area contributed by atoms with Gasteiger partial charge in [-0.1, -0.05) is 23.7 Å². The fourth-order valence-corrected chi connectivity index (χ4v) is 5.59. The lowest BCUT2D eigenvalue weighted by molar-refractivity contribution is -0.131. The lowest BCUT2D eigenvalue weighted by atomic mass is 9.82. The number of phenols is 1. The molecule has 5 rings (SSSR count). The lowest BCUT2D eigenvalue weighted by Crippen LogP contribution is -2.41. The first-order valence-corrected chi connectivity index (χ1v) is 12.9. The predicted molar refractivity (Wildman–Crippen MR) is 140 cm³/mol. The number of nitrogens with zero attached hydrogens (tertiary/aromatic N) is 2. The van der Waals surface area contributed by atoms with Crippen LogP contribution in [0.2, 0.25) is 5.02 Å². The van der Waals surface area contributed by atoms with Crippen molar-refractivity contribution >= 4 is 17.5 Å². The van der Waals surface area contributed by atoms with E-state index in [-0.39, 0.29) is 29.7 Å². The number of ether oxygens (including phenoxy) is 2. The second-order valence-electron chi connectivity index (χ2n) is 9.33. The van der Waals surface area contributed by atoms with Crippen LogP contribution < -0.4 is 20.3 Å².